The summed E-state index contributed by atoms with van der Waals surface area (Å²) in [6.07, 6.45) is -0.296. The van der Waals surface area contributed by atoms with Crippen LogP contribution in [0.3, 0.4) is 0 Å². The molecule has 0 aromatic carbocycles. The van der Waals surface area contributed by atoms with E-state index in [1.807, 2.05) is 0 Å². The number of halogens is 2. The number of carbonyl (C=O) groups excluding carboxylic acids is 1. The fourth-order valence-electron chi connectivity index (χ4n) is 1.66. The molecule has 0 aliphatic carbocycles. The van der Waals surface area contributed by atoms with E-state index in [9.17, 15) is 13.6 Å². The predicted molar refractivity (Wildman–Crippen MR) is 60.2 cm³/mol. The van der Waals surface area contributed by atoms with Crippen LogP contribution in [-0.2, 0) is 4.74 Å². The summed E-state index contributed by atoms with van der Waals surface area (Å²) in [5, 5.41) is 5.03. The molecule has 1 atom stereocenters. The molecule has 1 amide bonds. The van der Waals surface area contributed by atoms with Crippen molar-refractivity contribution in [3.63, 3.8) is 0 Å². The van der Waals surface area contributed by atoms with Crippen LogP contribution in [0, 0.1) is 5.92 Å². The van der Waals surface area contributed by atoms with Crippen molar-refractivity contribution in [2.24, 2.45) is 5.92 Å². The van der Waals surface area contributed by atoms with Crippen LogP contribution < -0.4 is 10.6 Å². The second-order valence-corrected chi connectivity index (χ2v) is 5.31. The van der Waals surface area contributed by atoms with Gasteiger partial charge in [-0.1, -0.05) is 0 Å². The number of amides is 1. The number of hydrogen-bond donors (Lipinski definition) is 2. The zero-order valence-corrected chi connectivity index (χ0v) is 10.5. The van der Waals surface area contributed by atoms with Gasteiger partial charge < -0.3 is 15.4 Å². The van der Waals surface area contributed by atoms with E-state index in [2.05, 4.69) is 10.6 Å². The summed E-state index contributed by atoms with van der Waals surface area (Å²) >= 11 is 0. The van der Waals surface area contributed by atoms with Crippen molar-refractivity contribution < 1.29 is 18.3 Å². The standard InChI is InChI=1S/C11H20F2N2O2/c1-10(2,3)17-9(16)15-6-8-4-5-14-7-11(8,12)13/h8,14H,4-7H2,1-3H3,(H,15,16). The second kappa shape index (κ2) is 5.16. The molecule has 0 aromatic rings. The Labute approximate surface area is 100 Å². The van der Waals surface area contributed by atoms with E-state index in [4.69, 9.17) is 4.74 Å². The van der Waals surface area contributed by atoms with Crippen molar-refractivity contribution in [3.8, 4) is 0 Å². The Bertz CT molecular complexity index is 277. The van der Waals surface area contributed by atoms with E-state index in [1.54, 1.807) is 20.8 Å². The molecule has 4 nitrogen and oxygen atoms in total. The number of carbonyl (C=O) groups is 1. The number of rotatable bonds is 2. The summed E-state index contributed by atoms with van der Waals surface area (Å²) in [7, 11) is 0. The van der Waals surface area contributed by atoms with Gasteiger partial charge in [0.1, 0.15) is 5.60 Å². The Morgan fingerprint density at radius 3 is 2.71 bits per heavy atom. The van der Waals surface area contributed by atoms with Crippen molar-refractivity contribution in [2.75, 3.05) is 19.6 Å². The summed E-state index contributed by atoms with van der Waals surface area (Å²) in [6.45, 7) is 5.36. The Balaban J connectivity index is 2.37. The average molecular weight is 250 g/mol. The molecule has 2 N–H and O–H groups in total. The first-order chi connectivity index (χ1) is 7.71. The van der Waals surface area contributed by atoms with Gasteiger partial charge >= 0.3 is 6.09 Å². The van der Waals surface area contributed by atoms with E-state index in [0.717, 1.165) is 0 Å². The first kappa shape index (κ1) is 14.2. The Morgan fingerprint density at radius 2 is 2.18 bits per heavy atom. The first-order valence-corrected chi connectivity index (χ1v) is 5.76. The predicted octanol–water partition coefficient (Wildman–Crippen LogP) is 1.76. The lowest BCUT2D eigenvalue weighted by Gasteiger charge is -2.32. The molecule has 0 aromatic heterocycles. The highest BCUT2D eigenvalue weighted by Gasteiger charge is 2.41. The Kier molecular flexibility index (Phi) is 4.30. The molecule has 0 saturated carbocycles. The average Bonchev–Trinajstić information content (AvgIpc) is 2.12. The van der Waals surface area contributed by atoms with Gasteiger partial charge in [-0.25, -0.2) is 13.6 Å². The van der Waals surface area contributed by atoms with Gasteiger partial charge in [0.15, 0.2) is 0 Å². The maximum Gasteiger partial charge on any atom is 0.407 e. The minimum absolute atomic E-state index is 0.0520. The van der Waals surface area contributed by atoms with Crippen LogP contribution in [0.1, 0.15) is 27.2 Å². The number of piperidine rings is 1. The Hall–Kier alpha value is -0.910. The molecule has 0 bridgehead atoms. The van der Waals surface area contributed by atoms with Gasteiger partial charge in [0.05, 0.1) is 6.54 Å². The van der Waals surface area contributed by atoms with Crippen LogP contribution in [0.4, 0.5) is 13.6 Å². The fraction of sp³-hybridized carbons (Fsp3) is 0.909. The molecule has 1 aliphatic rings. The number of nitrogens with one attached hydrogen (secondary N) is 2. The van der Waals surface area contributed by atoms with Crippen molar-refractivity contribution in [1.82, 2.24) is 10.6 Å². The summed E-state index contributed by atoms with van der Waals surface area (Å²) < 4.78 is 31.8. The molecule has 1 fully saturated rings. The van der Waals surface area contributed by atoms with Gasteiger partial charge in [-0.2, -0.15) is 0 Å². The highest BCUT2D eigenvalue weighted by Crippen LogP contribution is 2.28. The van der Waals surface area contributed by atoms with Crippen LogP contribution >= 0.6 is 0 Å². The second-order valence-electron chi connectivity index (χ2n) is 5.31. The number of alkyl carbamates (subject to hydrolysis) is 1. The molecule has 100 valence electrons. The van der Waals surface area contributed by atoms with E-state index in [0.29, 0.717) is 13.0 Å². The molecule has 17 heavy (non-hydrogen) atoms. The van der Waals surface area contributed by atoms with E-state index < -0.39 is 23.5 Å². The molecule has 1 aliphatic heterocycles. The van der Waals surface area contributed by atoms with Crippen molar-refractivity contribution in [1.29, 1.82) is 0 Å². The van der Waals surface area contributed by atoms with Gasteiger partial charge in [-0.15, -0.1) is 0 Å². The molecule has 0 radical (unpaired) electrons. The van der Waals surface area contributed by atoms with Crippen molar-refractivity contribution >= 4 is 6.09 Å². The minimum Gasteiger partial charge on any atom is -0.444 e. The molecule has 1 rings (SSSR count). The van der Waals surface area contributed by atoms with Crippen molar-refractivity contribution in [3.05, 3.63) is 0 Å². The molecule has 1 unspecified atom stereocenters. The lowest BCUT2D eigenvalue weighted by atomic mass is 9.94. The zero-order chi connectivity index (χ0) is 13.1. The van der Waals surface area contributed by atoms with Gasteiger partial charge in [0, 0.05) is 12.5 Å². The monoisotopic (exact) mass is 250 g/mol. The van der Waals surface area contributed by atoms with Crippen LogP contribution in [0.5, 0.6) is 0 Å². The summed E-state index contributed by atoms with van der Waals surface area (Å²) in [6, 6.07) is 0. The molecular weight excluding hydrogens is 230 g/mol. The smallest absolute Gasteiger partial charge is 0.407 e. The lowest BCUT2D eigenvalue weighted by molar-refractivity contribution is -0.0720. The van der Waals surface area contributed by atoms with Gasteiger partial charge in [-0.3, -0.25) is 0 Å². The molecule has 1 heterocycles. The third kappa shape index (κ3) is 4.85. The van der Waals surface area contributed by atoms with E-state index in [-0.39, 0.29) is 13.1 Å². The normalized spacial score (nSPS) is 24.2. The van der Waals surface area contributed by atoms with Gasteiger partial charge in [0.2, 0.25) is 0 Å². The largest absolute Gasteiger partial charge is 0.444 e. The zero-order valence-electron chi connectivity index (χ0n) is 10.5. The molecule has 0 spiro atoms. The quantitative estimate of drug-likeness (QED) is 0.785. The molecular formula is C11H20F2N2O2. The van der Waals surface area contributed by atoms with Gasteiger partial charge in [0.25, 0.3) is 5.92 Å². The van der Waals surface area contributed by atoms with Crippen LogP contribution in [0.15, 0.2) is 0 Å². The molecule has 6 heteroatoms. The number of ether oxygens (including phenoxy) is 1. The van der Waals surface area contributed by atoms with Crippen molar-refractivity contribution in [2.45, 2.75) is 38.7 Å². The third-order valence-corrected chi connectivity index (χ3v) is 2.52. The van der Waals surface area contributed by atoms with E-state index >= 15 is 0 Å². The van der Waals surface area contributed by atoms with Crippen LogP contribution in [0.25, 0.3) is 0 Å². The molecule has 1 saturated heterocycles. The minimum atomic E-state index is -2.77. The number of hydrogen-bond acceptors (Lipinski definition) is 3. The summed E-state index contributed by atoms with van der Waals surface area (Å²) in [5.74, 6) is -3.59. The summed E-state index contributed by atoms with van der Waals surface area (Å²) in [5.41, 5.74) is -0.610. The fourth-order valence-corrected chi connectivity index (χ4v) is 1.66. The highest BCUT2D eigenvalue weighted by atomic mass is 19.3. The maximum atomic E-state index is 13.4. The van der Waals surface area contributed by atoms with E-state index in [1.165, 1.54) is 0 Å². The topological polar surface area (TPSA) is 50.4 Å². The van der Waals surface area contributed by atoms with Crippen LogP contribution in [-0.4, -0.2) is 37.3 Å². The maximum absolute atomic E-state index is 13.4. The number of alkyl halides is 2. The summed E-state index contributed by atoms with van der Waals surface area (Å²) in [4.78, 5) is 11.3. The first-order valence-electron chi connectivity index (χ1n) is 5.76. The third-order valence-electron chi connectivity index (χ3n) is 2.52. The lowest BCUT2D eigenvalue weighted by Crippen LogP contribution is -2.50. The highest BCUT2D eigenvalue weighted by molar-refractivity contribution is 5.67. The van der Waals surface area contributed by atoms with Gasteiger partial charge in [-0.05, 0) is 33.7 Å². The van der Waals surface area contributed by atoms with Crippen LogP contribution in [0.2, 0.25) is 0 Å². The SMILES string of the molecule is CC(C)(C)OC(=O)NCC1CCNCC1(F)F. The Morgan fingerprint density at radius 1 is 1.53 bits per heavy atom.